The standard InChI is InChI=1S/C14H23NOS/c1-3-9-15-12-13-7-5-6-8-14(13)16-10-11-17-4-2/h5-8,15H,3-4,9-12H2,1-2H3. The Morgan fingerprint density at radius 2 is 2.06 bits per heavy atom. The van der Waals surface area contributed by atoms with Crippen LogP contribution >= 0.6 is 11.8 Å². The van der Waals surface area contributed by atoms with Crippen LogP contribution in [0.1, 0.15) is 25.8 Å². The molecule has 0 fully saturated rings. The molecule has 0 bridgehead atoms. The fourth-order valence-corrected chi connectivity index (χ4v) is 2.04. The van der Waals surface area contributed by atoms with Gasteiger partial charge in [-0.25, -0.2) is 0 Å². The van der Waals surface area contributed by atoms with Crippen molar-refractivity contribution in [2.45, 2.75) is 26.8 Å². The maximum atomic E-state index is 5.81. The van der Waals surface area contributed by atoms with Crippen LogP contribution in [-0.4, -0.2) is 24.7 Å². The van der Waals surface area contributed by atoms with Gasteiger partial charge in [-0.1, -0.05) is 32.0 Å². The zero-order valence-electron chi connectivity index (χ0n) is 10.9. The van der Waals surface area contributed by atoms with Crippen LogP contribution in [0.2, 0.25) is 0 Å². The Bertz CT molecular complexity index is 304. The van der Waals surface area contributed by atoms with E-state index in [-0.39, 0.29) is 0 Å². The molecule has 0 unspecified atom stereocenters. The molecule has 0 amide bonds. The molecule has 0 heterocycles. The van der Waals surface area contributed by atoms with Crippen LogP contribution < -0.4 is 10.1 Å². The lowest BCUT2D eigenvalue weighted by atomic mass is 10.2. The molecule has 1 aromatic rings. The van der Waals surface area contributed by atoms with E-state index in [1.807, 2.05) is 17.8 Å². The Balaban J connectivity index is 2.40. The van der Waals surface area contributed by atoms with Gasteiger partial charge in [0.25, 0.3) is 0 Å². The van der Waals surface area contributed by atoms with Crippen LogP contribution in [-0.2, 0) is 6.54 Å². The molecule has 2 nitrogen and oxygen atoms in total. The topological polar surface area (TPSA) is 21.3 Å². The summed E-state index contributed by atoms with van der Waals surface area (Å²) in [5.74, 6) is 3.24. The van der Waals surface area contributed by atoms with Gasteiger partial charge in [-0.2, -0.15) is 11.8 Å². The minimum absolute atomic E-state index is 0.795. The van der Waals surface area contributed by atoms with Gasteiger partial charge in [0.15, 0.2) is 0 Å². The van der Waals surface area contributed by atoms with Gasteiger partial charge in [-0.3, -0.25) is 0 Å². The Morgan fingerprint density at radius 1 is 1.24 bits per heavy atom. The summed E-state index contributed by atoms with van der Waals surface area (Å²) in [4.78, 5) is 0. The number of rotatable bonds is 9. The van der Waals surface area contributed by atoms with Crippen LogP contribution in [0.4, 0.5) is 0 Å². The largest absolute Gasteiger partial charge is 0.492 e. The van der Waals surface area contributed by atoms with Crippen LogP contribution in [0.5, 0.6) is 5.75 Å². The van der Waals surface area contributed by atoms with E-state index in [0.717, 1.165) is 43.4 Å². The van der Waals surface area contributed by atoms with Gasteiger partial charge in [-0.15, -0.1) is 0 Å². The summed E-state index contributed by atoms with van der Waals surface area (Å²) in [7, 11) is 0. The second-order valence-electron chi connectivity index (χ2n) is 3.83. The number of nitrogens with one attached hydrogen (secondary N) is 1. The molecule has 0 aliphatic carbocycles. The summed E-state index contributed by atoms with van der Waals surface area (Å²) >= 11 is 1.91. The minimum Gasteiger partial charge on any atom is -0.492 e. The molecule has 1 N–H and O–H groups in total. The average molecular weight is 253 g/mol. The van der Waals surface area contributed by atoms with Crippen molar-refractivity contribution in [2.75, 3.05) is 24.7 Å². The Kier molecular flexibility index (Phi) is 7.93. The molecular weight excluding hydrogens is 230 g/mol. The first kappa shape index (κ1) is 14.4. The third-order valence-electron chi connectivity index (χ3n) is 2.40. The molecule has 1 rings (SSSR count). The molecular formula is C14H23NOS. The van der Waals surface area contributed by atoms with Gasteiger partial charge in [-0.05, 0) is 24.8 Å². The fourth-order valence-electron chi connectivity index (χ4n) is 1.55. The van der Waals surface area contributed by atoms with E-state index in [4.69, 9.17) is 4.74 Å². The highest BCUT2D eigenvalue weighted by Gasteiger charge is 2.01. The van der Waals surface area contributed by atoms with Crippen molar-refractivity contribution in [2.24, 2.45) is 0 Å². The number of ether oxygens (including phenoxy) is 1. The van der Waals surface area contributed by atoms with E-state index in [0.29, 0.717) is 0 Å². The molecule has 1 aromatic carbocycles. The normalized spacial score (nSPS) is 10.5. The zero-order chi connectivity index (χ0) is 12.3. The third kappa shape index (κ3) is 5.99. The number of para-hydroxylation sites is 1. The molecule has 0 atom stereocenters. The van der Waals surface area contributed by atoms with Crippen molar-refractivity contribution in [3.8, 4) is 5.75 Å². The Morgan fingerprint density at radius 3 is 2.82 bits per heavy atom. The van der Waals surface area contributed by atoms with E-state index in [9.17, 15) is 0 Å². The van der Waals surface area contributed by atoms with Crippen molar-refractivity contribution >= 4 is 11.8 Å². The first-order chi connectivity index (χ1) is 8.38. The minimum atomic E-state index is 0.795. The van der Waals surface area contributed by atoms with Gasteiger partial charge in [0, 0.05) is 17.9 Å². The van der Waals surface area contributed by atoms with Crippen LogP contribution in [0.3, 0.4) is 0 Å². The van der Waals surface area contributed by atoms with Gasteiger partial charge in [0.2, 0.25) is 0 Å². The lowest BCUT2D eigenvalue weighted by molar-refractivity contribution is 0.339. The number of thioether (sulfide) groups is 1. The molecule has 0 spiro atoms. The van der Waals surface area contributed by atoms with Gasteiger partial charge < -0.3 is 10.1 Å². The predicted molar refractivity (Wildman–Crippen MR) is 76.9 cm³/mol. The Hall–Kier alpha value is -0.670. The second-order valence-corrected chi connectivity index (χ2v) is 5.22. The van der Waals surface area contributed by atoms with Crippen LogP contribution in [0.25, 0.3) is 0 Å². The Labute approximate surface area is 109 Å². The first-order valence-electron chi connectivity index (χ1n) is 6.37. The molecule has 0 aromatic heterocycles. The van der Waals surface area contributed by atoms with Gasteiger partial charge in [0.05, 0.1) is 6.61 Å². The van der Waals surface area contributed by atoms with Crippen molar-refractivity contribution in [1.29, 1.82) is 0 Å². The van der Waals surface area contributed by atoms with Gasteiger partial charge in [0.1, 0.15) is 5.75 Å². The van der Waals surface area contributed by atoms with E-state index in [1.165, 1.54) is 5.56 Å². The number of hydrogen-bond acceptors (Lipinski definition) is 3. The summed E-state index contributed by atoms with van der Waals surface area (Å²) in [6.07, 6.45) is 1.16. The van der Waals surface area contributed by atoms with Gasteiger partial charge >= 0.3 is 0 Å². The van der Waals surface area contributed by atoms with Crippen molar-refractivity contribution in [3.05, 3.63) is 29.8 Å². The highest BCUT2D eigenvalue weighted by molar-refractivity contribution is 7.99. The molecule has 0 aliphatic rings. The first-order valence-corrected chi connectivity index (χ1v) is 7.53. The lowest BCUT2D eigenvalue weighted by Crippen LogP contribution is -2.15. The molecule has 0 aliphatic heterocycles. The molecule has 96 valence electrons. The number of hydrogen-bond donors (Lipinski definition) is 1. The zero-order valence-corrected chi connectivity index (χ0v) is 11.7. The summed E-state index contributed by atoms with van der Waals surface area (Å²) in [6, 6.07) is 8.28. The van der Waals surface area contributed by atoms with E-state index in [1.54, 1.807) is 0 Å². The SMILES string of the molecule is CCCNCc1ccccc1OCCSCC. The van der Waals surface area contributed by atoms with Crippen molar-refractivity contribution < 1.29 is 4.74 Å². The summed E-state index contributed by atoms with van der Waals surface area (Å²) in [5.41, 5.74) is 1.25. The highest BCUT2D eigenvalue weighted by atomic mass is 32.2. The van der Waals surface area contributed by atoms with Crippen molar-refractivity contribution in [1.82, 2.24) is 5.32 Å². The van der Waals surface area contributed by atoms with Crippen LogP contribution in [0, 0.1) is 0 Å². The van der Waals surface area contributed by atoms with E-state index >= 15 is 0 Å². The third-order valence-corrected chi connectivity index (χ3v) is 3.27. The number of benzene rings is 1. The molecule has 0 saturated carbocycles. The summed E-state index contributed by atoms with van der Waals surface area (Å²) < 4.78 is 5.81. The molecule has 0 radical (unpaired) electrons. The molecule has 3 heteroatoms. The second kappa shape index (κ2) is 9.37. The summed E-state index contributed by atoms with van der Waals surface area (Å²) in [5, 5.41) is 3.41. The van der Waals surface area contributed by atoms with Crippen molar-refractivity contribution in [3.63, 3.8) is 0 Å². The van der Waals surface area contributed by atoms with E-state index in [2.05, 4.69) is 37.4 Å². The smallest absolute Gasteiger partial charge is 0.123 e. The maximum absolute atomic E-state index is 5.81. The van der Waals surface area contributed by atoms with E-state index < -0.39 is 0 Å². The maximum Gasteiger partial charge on any atom is 0.123 e. The predicted octanol–water partition coefficient (Wildman–Crippen LogP) is 3.32. The molecule has 0 saturated heterocycles. The monoisotopic (exact) mass is 253 g/mol. The summed E-state index contributed by atoms with van der Waals surface area (Å²) in [6.45, 7) is 7.10. The van der Waals surface area contributed by atoms with Crippen LogP contribution in [0.15, 0.2) is 24.3 Å². The fraction of sp³-hybridized carbons (Fsp3) is 0.571. The molecule has 17 heavy (non-hydrogen) atoms. The lowest BCUT2D eigenvalue weighted by Gasteiger charge is -2.11. The highest BCUT2D eigenvalue weighted by Crippen LogP contribution is 2.18. The average Bonchev–Trinajstić information content (AvgIpc) is 2.36. The quantitative estimate of drug-likeness (QED) is 0.682.